The number of hydrogen-bond donors (Lipinski definition) is 1. The van der Waals surface area contributed by atoms with Crippen LogP contribution in [0.1, 0.15) is 52.0 Å². The van der Waals surface area contributed by atoms with Crippen molar-refractivity contribution in [1.29, 1.82) is 0 Å². The summed E-state index contributed by atoms with van der Waals surface area (Å²) in [7, 11) is 0. The molecule has 0 saturated carbocycles. The van der Waals surface area contributed by atoms with Crippen LogP contribution in [0.15, 0.2) is 30.3 Å². The molecule has 20 heavy (non-hydrogen) atoms. The van der Waals surface area contributed by atoms with Crippen LogP contribution in [-0.4, -0.2) is 37.1 Å². The zero-order valence-corrected chi connectivity index (χ0v) is 13.7. The van der Waals surface area contributed by atoms with Crippen molar-refractivity contribution in [2.75, 3.05) is 26.2 Å². The molecule has 0 aromatic heterocycles. The van der Waals surface area contributed by atoms with E-state index in [9.17, 15) is 0 Å². The number of nitrogens with one attached hydrogen (secondary N) is 1. The molecule has 0 fully saturated rings. The van der Waals surface area contributed by atoms with Crippen molar-refractivity contribution in [3.63, 3.8) is 0 Å². The maximum absolute atomic E-state index is 3.67. The summed E-state index contributed by atoms with van der Waals surface area (Å²) in [5.74, 6) is 0.585. The molecule has 0 aliphatic heterocycles. The van der Waals surface area contributed by atoms with Gasteiger partial charge in [0.15, 0.2) is 0 Å². The lowest BCUT2D eigenvalue weighted by Gasteiger charge is -2.21. The van der Waals surface area contributed by atoms with E-state index in [0.717, 1.165) is 6.54 Å². The second-order valence-electron chi connectivity index (χ2n) is 5.79. The monoisotopic (exact) mass is 276 g/mol. The summed E-state index contributed by atoms with van der Waals surface area (Å²) < 4.78 is 0. The molecule has 0 spiro atoms. The largest absolute Gasteiger partial charge is 0.314 e. The van der Waals surface area contributed by atoms with Crippen molar-refractivity contribution < 1.29 is 0 Å². The van der Waals surface area contributed by atoms with Crippen LogP contribution in [0, 0.1) is 0 Å². The maximum atomic E-state index is 3.67. The van der Waals surface area contributed by atoms with Gasteiger partial charge in [0.2, 0.25) is 0 Å². The molecule has 0 aliphatic carbocycles. The highest BCUT2D eigenvalue weighted by atomic mass is 15.1. The Kier molecular flexibility index (Phi) is 8.56. The molecule has 0 heterocycles. The van der Waals surface area contributed by atoms with Gasteiger partial charge in [0, 0.05) is 12.6 Å². The normalized spacial score (nSPS) is 14.4. The van der Waals surface area contributed by atoms with Crippen molar-refractivity contribution >= 4 is 0 Å². The van der Waals surface area contributed by atoms with Gasteiger partial charge in [0.25, 0.3) is 0 Å². The molecule has 2 unspecified atom stereocenters. The smallest absolute Gasteiger partial charge is 0.00394 e. The molecule has 1 N–H and O–H groups in total. The van der Waals surface area contributed by atoms with E-state index in [1.165, 1.54) is 38.0 Å². The first-order valence-corrected chi connectivity index (χ1v) is 8.18. The predicted octanol–water partition coefficient (Wildman–Crippen LogP) is 3.89. The molecule has 0 aliphatic rings. The van der Waals surface area contributed by atoms with Gasteiger partial charge < -0.3 is 10.2 Å². The van der Waals surface area contributed by atoms with E-state index >= 15 is 0 Å². The van der Waals surface area contributed by atoms with Gasteiger partial charge in [-0.2, -0.15) is 0 Å². The Morgan fingerprint density at radius 1 is 1.05 bits per heavy atom. The first-order chi connectivity index (χ1) is 9.67. The predicted molar refractivity (Wildman–Crippen MR) is 89.3 cm³/mol. The first-order valence-electron chi connectivity index (χ1n) is 8.18. The minimum absolute atomic E-state index is 0.585. The van der Waals surface area contributed by atoms with E-state index in [1.54, 1.807) is 0 Å². The lowest BCUT2D eigenvalue weighted by Crippen LogP contribution is -2.31. The van der Waals surface area contributed by atoms with E-state index < -0.39 is 0 Å². The molecule has 1 rings (SSSR count). The van der Waals surface area contributed by atoms with Crippen molar-refractivity contribution in [2.24, 2.45) is 0 Å². The zero-order chi connectivity index (χ0) is 14.8. The maximum Gasteiger partial charge on any atom is 0.00394 e. The molecule has 1 aromatic carbocycles. The first kappa shape index (κ1) is 17.2. The molecule has 0 bridgehead atoms. The highest BCUT2D eigenvalue weighted by Crippen LogP contribution is 2.13. The van der Waals surface area contributed by atoms with Gasteiger partial charge in [0.1, 0.15) is 0 Å². The molecule has 2 nitrogen and oxygen atoms in total. The van der Waals surface area contributed by atoms with E-state index in [4.69, 9.17) is 0 Å². The van der Waals surface area contributed by atoms with E-state index in [-0.39, 0.29) is 0 Å². The Labute approximate surface area is 125 Å². The zero-order valence-electron chi connectivity index (χ0n) is 13.7. The van der Waals surface area contributed by atoms with Crippen LogP contribution in [-0.2, 0) is 0 Å². The van der Waals surface area contributed by atoms with Gasteiger partial charge in [-0.3, -0.25) is 0 Å². The van der Waals surface area contributed by atoms with Gasteiger partial charge in [0.05, 0.1) is 0 Å². The molecule has 0 radical (unpaired) electrons. The molecular weight excluding hydrogens is 244 g/mol. The Balaban J connectivity index is 2.18. The van der Waals surface area contributed by atoms with Crippen LogP contribution >= 0.6 is 0 Å². The van der Waals surface area contributed by atoms with Crippen LogP contribution in [0.4, 0.5) is 0 Å². The highest BCUT2D eigenvalue weighted by molar-refractivity contribution is 5.18. The fourth-order valence-electron chi connectivity index (χ4n) is 2.54. The van der Waals surface area contributed by atoms with Crippen LogP contribution < -0.4 is 5.32 Å². The van der Waals surface area contributed by atoms with Crippen molar-refractivity contribution in [2.45, 2.75) is 52.5 Å². The van der Waals surface area contributed by atoms with Crippen molar-refractivity contribution in [1.82, 2.24) is 10.2 Å². The third-order valence-electron chi connectivity index (χ3n) is 4.15. The van der Waals surface area contributed by atoms with E-state index in [0.29, 0.717) is 12.0 Å². The van der Waals surface area contributed by atoms with E-state index in [2.05, 4.69) is 68.2 Å². The second-order valence-corrected chi connectivity index (χ2v) is 5.79. The molecule has 0 saturated heterocycles. The highest BCUT2D eigenvalue weighted by Gasteiger charge is 2.08. The van der Waals surface area contributed by atoms with Crippen molar-refractivity contribution in [3.8, 4) is 0 Å². The standard InChI is InChI=1S/C18H32N2/c1-5-20(6-2)14-10-11-17(4)19-15-16(3)18-12-8-7-9-13-18/h7-9,12-13,16-17,19H,5-6,10-11,14-15H2,1-4H3. The van der Waals surface area contributed by atoms with Crippen LogP contribution in [0.5, 0.6) is 0 Å². The number of hydrogen-bond acceptors (Lipinski definition) is 2. The van der Waals surface area contributed by atoms with E-state index in [1.807, 2.05) is 0 Å². The Morgan fingerprint density at radius 2 is 1.70 bits per heavy atom. The van der Waals surface area contributed by atoms with Gasteiger partial charge >= 0.3 is 0 Å². The Hall–Kier alpha value is -0.860. The number of nitrogens with zero attached hydrogens (tertiary/aromatic N) is 1. The SMILES string of the molecule is CCN(CC)CCCC(C)NCC(C)c1ccccc1. The summed E-state index contributed by atoms with van der Waals surface area (Å²) in [6.07, 6.45) is 2.55. The summed E-state index contributed by atoms with van der Waals surface area (Å²) in [6.45, 7) is 13.7. The van der Waals surface area contributed by atoms with Crippen LogP contribution in [0.25, 0.3) is 0 Å². The minimum atomic E-state index is 0.585. The lowest BCUT2D eigenvalue weighted by molar-refractivity contribution is 0.290. The summed E-state index contributed by atoms with van der Waals surface area (Å²) in [6, 6.07) is 11.4. The van der Waals surface area contributed by atoms with Gasteiger partial charge in [-0.1, -0.05) is 51.1 Å². The minimum Gasteiger partial charge on any atom is -0.314 e. The topological polar surface area (TPSA) is 15.3 Å². The summed E-state index contributed by atoms with van der Waals surface area (Å²) in [5, 5.41) is 3.67. The third-order valence-corrected chi connectivity index (χ3v) is 4.15. The number of benzene rings is 1. The quantitative estimate of drug-likeness (QED) is 0.697. The summed E-state index contributed by atoms with van der Waals surface area (Å²) >= 11 is 0. The molecule has 2 heteroatoms. The van der Waals surface area contributed by atoms with Crippen LogP contribution in [0.2, 0.25) is 0 Å². The van der Waals surface area contributed by atoms with Gasteiger partial charge in [-0.05, 0) is 50.9 Å². The Bertz CT molecular complexity index is 333. The molecule has 0 amide bonds. The molecule has 2 atom stereocenters. The van der Waals surface area contributed by atoms with Crippen molar-refractivity contribution in [3.05, 3.63) is 35.9 Å². The third kappa shape index (κ3) is 6.53. The average molecular weight is 276 g/mol. The molecular formula is C18H32N2. The summed E-state index contributed by atoms with van der Waals surface area (Å²) in [5.41, 5.74) is 1.43. The lowest BCUT2D eigenvalue weighted by atomic mass is 10.0. The Morgan fingerprint density at radius 3 is 2.30 bits per heavy atom. The average Bonchev–Trinajstić information content (AvgIpc) is 2.50. The molecule has 1 aromatic rings. The fourth-order valence-corrected chi connectivity index (χ4v) is 2.54. The fraction of sp³-hybridized carbons (Fsp3) is 0.667. The second kappa shape index (κ2) is 9.95. The summed E-state index contributed by atoms with van der Waals surface area (Å²) in [4.78, 5) is 2.50. The number of rotatable bonds is 10. The van der Waals surface area contributed by atoms with Gasteiger partial charge in [-0.15, -0.1) is 0 Å². The van der Waals surface area contributed by atoms with Gasteiger partial charge in [-0.25, -0.2) is 0 Å². The van der Waals surface area contributed by atoms with Crippen LogP contribution in [0.3, 0.4) is 0 Å². The molecule has 114 valence electrons.